The van der Waals surface area contributed by atoms with Gasteiger partial charge in [-0.15, -0.1) is 0 Å². The number of benzene rings is 1. The SMILES string of the molecule is Cc1ccc(NC(=O)c2cnc(SCC(=O)NCc3ccco3)n(C)c2=O)cc1C. The van der Waals surface area contributed by atoms with Gasteiger partial charge < -0.3 is 15.1 Å². The number of nitrogens with zero attached hydrogens (tertiary/aromatic N) is 2. The van der Waals surface area contributed by atoms with Gasteiger partial charge >= 0.3 is 0 Å². The van der Waals surface area contributed by atoms with Gasteiger partial charge in [-0.3, -0.25) is 19.0 Å². The first kappa shape index (κ1) is 21.4. The van der Waals surface area contributed by atoms with Crippen molar-refractivity contribution in [1.82, 2.24) is 14.9 Å². The van der Waals surface area contributed by atoms with E-state index < -0.39 is 11.5 Å². The van der Waals surface area contributed by atoms with E-state index in [2.05, 4.69) is 15.6 Å². The van der Waals surface area contributed by atoms with Gasteiger partial charge in [-0.05, 0) is 49.2 Å². The molecule has 0 saturated carbocycles. The van der Waals surface area contributed by atoms with Crippen LogP contribution in [0.5, 0.6) is 0 Å². The minimum atomic E-state index is -0.529. The molecule has 3 rings (SSSR count). The van der Waals surface area contributed by atoms with E-state index in [1.54, 1.807) is 18.2 Å². The molecule has 1 aromatic carbocycles. The van der Waals surface area contributed by atoms with Gasteiger partial charge in [0.05, 0.1) is 18.6 Å². The summed E-state index contributed by atoms with van der Waals surface area (Å²) in [6.07, 6.45) is 2.77. The zero-order chi connectivity index (χ0) is 21.7. The second-order valence-corrected chi connectivity index (χ2v) is 7.66. The van der Waals surface area contributed by atoms with Crippen LogP contribution in [0.3, 0.4) is 0 Å². The zero-order valence-electron chi connectivity index (χ0n) is 16.9. The molecule has 0 aliphatic carbocycles. The molecule has 0 fully saturated rings. The molecule has 2 N–H and O–H groups in total. The van der Waals surface area contributed by atoms with Gasteiger partial charge in [0.15, 0.2) is 5.16 Å². The van der Waals surface area contributed by atoms with Gasteiger partial charge in [0.1, 0.15) is 11.3 Å². The third-order valence-electron chi connectivity index (χ3n) is 4.51. The summed E-state index contributed by atoms with van der Waals surface area (Å²) in [7, 11) is 1.52. The average Bonchev–Trinajstić information content (AvgIpc) is 3.24. The number of rotatable bonds is 7. The highest BCUT2D eigenvalue weighted by atomic mass is 32.2. The largest absolute Gasteiger partial charge is 0.467 e. The highest BCUT2D eigenvalue weighted by molar-refractivity contribution is 7.99. The molecule has 0 spiro atoms. The molecule has 0 aliphatic heterocycles. The number of carbonyl (C=O) groups is 2. The van der Waals surface area contributed by atoms with Gasteiger partial charge in [0.2, 0.25) is 5.91 Å². The van der Waals surface area contributed by atoms with Crippen LogP contribution in [0.2, 0.25) is 0 Å². The summed E-state index contributed by atoms with van der Waals surface area (Å²) < 4.78 is 6.42. The maximum atomic E-state index is 12.6. The van der Waals surface area contributed by atoms with E-state index in [0.29, 0.717) is 16.6 Å². The van der Waals surface area contributed by atoms with Crippen LogP contribution in [0.15, 0.2) is 57.2 Å². The topological polar surface area (TPSA) is 106 Å². The van der Waals surface area contributed by atoms with Crippen LogP contribution >= 0.6 is 11.8 Å². The first-order chi connectivity index (χ1) is 14.3. The highest BCUT2D eigenvalue weighted by Gasteiger charge is 2.16. The molecule has 0 bridgehead atoms. The quantitative estimate of drug-likeness (QED) is 0.444. The van der Waals surface area contributed by atoms with Gasteiger partial charge in [0.25, 0.3) is 11.5 Å². The van der Waals surface area contributed by atoms with E-state index in [1.807, 2.05) is 26.0 Å². The summed E-state index contributed by atoms with van der Waals surface area (Å²) in [5.41, 5.74) is 2.21. The lowest BCUT2D eigenvalue weighted by Gasteiger charge is -2.10. The Bertz CT molecular complexity index is 1120. The number of amides is 2. The van der Waals surface area contributed by atoms with E-state index in [-0.39, 0.29) is 23.8 Å². The van der Waals surface area contributed by atoms with Crippen LogP contribution in [-0.4, -0.2) is 27.1 Å². The van der Waals surface area contributed by atoms with E-state index in [9.17, 15) is 14.4 Å². The molecule has 0 unspecified atom stereocenters. The molecule has 30 heavy (non-hydrogen) atoms. The van der Waals surface area contributed by atoms with Crippen molar-refractivity contribution in [1.29, 1.82) is 0 Å². The third-order valence-corrected chi connectivity index (χ3v) is 5.55. The number of anilines is 1. The Labute approximate surface area is 177 Å². The number of hydrogen-bond acceptors (Lipinski definition) is 6. The summed E-state index contributed by atoms with van der Waals surface area (Å²) in [5, 5.41) is 5.79. The standard InChI is InChI=1S/C21H22N4O4S/c1-13-6-7-15(9-14(13)2)24-19(27)17-11-23-21(25(3)20(17)28)30-12-18(26)22-10-16-5-4-8-29-16/h4-9,11H,10,12H2,1-3H3,(H,22,26)(H,24,27). The van der Waals surface area contributed by atoms with Crippen LogP contribution in [0, 0.1) is 13.8 Å². The van der Waals surface area contributed by atoms with Gasteiger partial charge in [-0.1, -0.05) is 17.8 Å². The maximum absolute atomic E-state index is 12.6. The van der Waals surface area contributed by atoms with Crippen molar-refractivity contribution in [3.05, 3.63) is 75.6 Å². The average molecular weight is 426 g/mol. The molecule has 2 aromatic heterocycles. The van der Waals surface area contributed by atoms with Gasteiger partial charge in [-0.2, -0.15) is 0 Å². The predicted octanol–water partition coefficient (Wildman–Crippen LogP) is 2.65. The van der Waals surface area contributed by atoms with E-state index >= 15 is 0 Å². The Hall–Kier alpha value is -3.33. The second kappa shape index (κ2) is 9.45. The molecule has 0 aliphatic rings. The van der Waals surface area contributed by atoms with Crippen molar-refractivity contribution in [2.75, 3.05) is 11.1 Å². The predicted molar refractivity (Wildman–Crippen MR) is 115 cm³/mol. The Kier molecular flexibility index (Phi) is 6.73. The van der Waals surface area contributed by atoms with E-state index in [4.69, 9.17) is 4.42 Å². The zero-order valence-corrected chi connectivity index (χ0v) is 17.7. The van der Waals surface area contributed by atoms with Crippen molar-refractivity contribution < 1.29 is 14.0 Å². The number of carbonyl (C=O) groups excluding carboxylic acids is 2. The Morgan fingerprint density at radius 3 is 2.70 bits per heavy atom. The molecular weight excluding hydrogens is 404 g/mol. The Balaban J connectivity index is 1.62. The fourth-order valence-electron chi connectivity index (χ4n) is 2.62. The van der Waals surface area contributed by atoms with Crippen molar-refractivity contribution in [2.45, 2.75) is 25.5 Å². The number of hydrogen-bond donors (Lipinski definition) is 2. The fourth-order valence-corrected chi connectivity index (χ4v) is 3.38. The molecule has 0 saturated heterocycles. The van der Waals surface area contributed by atoms with Crippen LogP contribution in [-0.2, 0) is 18.4 Å². The van der Waals surface area contributed by atoms with Gasteiger partial charge in [0, 0.05) is 18.9 Å². The smallest absolute Gasteiger partial charge is 0.266 e. The van der Waals surface area contributed by atoms with Crippen LogP contribution < -0.4 is 16.2 Å². The number of furan rings is 1. The molecule has 2 heterocycles. The third kappa shape index (κ3) is 5.18. The molecule has 2 amide bonds. The van der Waals surface area contributed by atoms with E-state index in [1.165, 1.54) is 24.1 Å². The molecule has 156 valence electrons. The molecule has 3 aromatic rings. The lowest BCUT2D eigenvalue weighted by molar-refractivity contribution is -0.118. The van der Waals surface area contributed by atoms with Crippen LogP contribution in [0.25, 0.3) is 0 Å². The monoisotopic (exact) mass is 426 g/mol. The number of nitrogens with one attached hydrogen (secondary N) is 2. The Morgan fingerprint density at radius 2 is 2.00 bits per heavy atom. The fraction of sp³-hybridized carbons (Fsp3) is 0.238. The molecule has 8 nitrogen and oxygen atoms in total. The summed E-state index contributed by atoms with van der Waals surface area (Å²) >= 11 is 1.11. The maximum Gasteiger partial charge on any atom is 0.266 e. The minimum absolute atomic E-state index is 0.0673. The molecular formula is C21H22N4O4S. The van der Waals surface area contributed by atoms with Crippen LogP contribution in [0.1, 0.15) is 27.2 Å². The molecule has 0 radical (unpaired) electrons. The van der Waals surface area contributed by atoms with E-state index in [0.717, 1.165) is 22.9 Å². The summed E-state index contributed by atoms with van der Waals surface area (Å²) in [4.78, 5) is 41.3. The normalized spacial score (nSPS) is 10.6. The first-order valence-electron chi connectivity index (χ1n) is 9.21. The number of thioether (sulfide) groups is 1. The van der Waals surface area contributed by atoms with Crippen molar-refractivity contribution in [2.24, 2.45) is 7.05 Å². The van der Waals surface area contributed by atoms with Crippen molar-refractivity contribution in [3.8, 4) is 0 Å². The Morgan fingerprint density at radius 1 is 1.20 bits per heavy atom. The van der Waals surface area contributed by atoms with Gasteiger partial charge in [-0.25, -0.2) is 4.98 Å². The summed E-state index contributed by atoms with van der Waals surface area (Å²) in [6.45, 7) is 4.22. The number of aryl methyl sites for hydroxylation is 2. The molecule has 9 heteroatoms. The lowest BCUT2D eigenvalue weighted by atomic mass is 10.1. The summed E-state index contributed by atoms with van der Waals surface area (Å²) in [6, 6.07) is 9.03. The lowest BCUT2D eigenvalue weighted by Crippen LogP contribution is -2.30. The van der Waals surface area contributed by atoms with Crippen LogP contribution in [0.4, 0.5) is 5.69 Å². The minimum Gasteiger partial charge on any atom is -0.467 e. The molecule has 0 atom stereocenters. The van der Waals surface area contributed by atoms with Crippen molar-refractivity contribution in [3.63, 3.8) is 0 Å². The first-order valence-corrected chi connectivity index (χ1v) is 10.2. The second-order valence-electron chi connectivity index (χ2n) is 6.72. The summed E-state index contributed by atoms with van der Waals surface area (Å²) in [5.74, 6) is -0.0193. The number of aromatic nitrogens is 2. The highest BCUT2D eigenvalue weighted by Crippen LogP contribution is 2.16. The van der Waals surface area contributed by atoms with Crippen molar-refractivity contribution >= 4 is 29.3 Å².